The molecule has 1 heterocycles. The lowest BCUT2D eigenvalue weighted by Crippen LogP contribution is -2.22. The van der Waals surface area contributed by atoms with Gasteiger partial charge in [-0.3, -0.25) is 0 Å². The van der Waals surface area contributed by atoms with Gasteiger partial charge in [0.15, 0.2) is 0 Å². The van der Waals surface area contributed by atoms with Crippen LogP contribution in [0.5, 0.6) is 0 Å². The van der Waals surface area contributed by atoms with Crippen molar-refractivity contribution < 1.29 is 4.74 Å². The SMILES string of the molecule is COC1CCC(n2ccnc2-c2cccc(Cl)c2Cl)CC1. The smallest absolute Gasteiger partial charge is 0.141 e. The van der Waals surface area contributed by atoms with E-state index in [9.17, 15) is 0 Å². The molecule has 1 fully saturated rings. The molecule has 21 heavy (non-hydrogen) atoms. The first kappa shape index (κ1) is 14.9. The van der Waals surface area contributed by atoms with Crippen molar-refractivity contribution in [1.82, 2.24) is 9.55 Å². The molecule has 0 bridgehead atoms. The van der Waals surface area contributed by atoms with Crippen molar-refractivity contribution in [2.75, 3.05) is 7.11 Å². The summed E-state index contributed by atoms with van der Waals surface area (Å²) in [6, 6.07) is 6.12. The lowest BCUT2D eigenvalue weighted by Gasteiger charge is -2.29. The van der Waals surface area contributed by atoms with E-state index in [1.807, 2.05) is 24.5 Å². The molecule has 0 amide bonds. The van der Waals surface area contributed by atoms with Gasteiger partial charge in [0.25, 0.3) is 0 Å². The molecule has 0 aliphatic heterocycles. The summed E-state index contributed by atoms with van der Waals surface area (Å²) in [5, 5.41) is 1.13. The van der Waals surface area contributed by atoms with Crippen LogP contribution in [-0.2, 0) is 4.74 Å². The molecule has 112 valence electrons. The Balaban J connectivity index is 1.90. The summed E-state index contributed by atoms with van der Waals surface area (Å²) in [5.41, 5.74) is 0.892. The third-order valence-electron chi connectivity index (χ3n) is 4.23. The quantitative estimate of drug-likeness (QED) is 0.795. The maximum atomic E-state index is 6.34. The Morgan fingerprint density at radius 2 is 1.95 bits per heavy atom. The highest BCUT2D eigenvalue weighted by molar-refractivity contribution is 6.43. The number of imidazole rings is 1. The van der Waals surface area contributed by atoms with Crippen LogP contribution in [0.2, 0.25) is 10.0 Å². The van der Waals surface area contributed by atoms with E-state index >= 15 is 0 Å². The molecule has 0 saturated heterocycles. The Kier molecular flexibility index (Phi) is 4.53. The lowest BCUT2D eigenvalue weighted by molar-refractivity contribution is 0.0586. The minimum absolute atomic E-state index is 0.392. The standard InChI is InChI=1S/C16H18Cl2N2O/c1-21-12-7-5-11(6-8-12)20-10-9-19-16(20)13-3-2-4-14(17)15(13)18/h2-4,9-12H,5-8H2,1H3. The highest BCUT2D eigenvalue weighted by atomic mass is 35.5. The first-order valence-corrected chi connectivity index (χ1v) is 7.96. The molecule has 1 aromatic heterocycles. The van der Waals surface area contributed by atoms with Crippen LogP contribution in [-0.4, -0.2) is 22.8 Å². The fourth-order valence-electron chi connectivity index (χ4n) is 3.05. The number of ether oxygens (including phenoxy) is 1. The Morgan fingerprint density at radius 3 is 2.67 bits per heavy atom. The van der Waals surface area contributed by atoms with E-state index < -0.39 is 0 Å². The highest BCUT2D eigenvalue weighted by Gasteiger charge is 2.24. The van der Waals surface area contributed by atoms with Crippen molar-refractivity contribution in [3.63, 3.8) is 0 Å². The van der Waals surface area contributed by atoms with Crippen LogP contribution in [0.25, 0.3) is 11.4 Å². The summed E-state index contributed by atoms with van der Waals surface area (Å²) < 4.78 is 7.67. The molecule has 3 rings (SSSR count). The molecule has 0 spiro atoms. The molecule has 0 atom stereocenters. The Bertz CT molecular complexity index is 618. The van der Waals surface area contributed by atoms with Crippen LogP contribution >= 0.6 is 23.2 Å². The van der Waals surface area contributed by atoms with Gasteiger partial charge in [-0.2, -0.15) is 0 Å². The van der Waals surface area contributed by atoms with Crippen molar-refractivity contribution in [1.29, 1.82) is 0 Å². The first-order chi connectivity index (χ1) is 10.2. The topological polar surface area (TPSA) is 27.1 Å². The van der Waals surface area contributed by atoms with Crippen LogP contribution in [0.1, 0.15) is 31.7 Å². The molecule has 1 aromatic carbocycles. The summed E-state index contributed by atoms with van der Waals surface area (Å²) in [7, 11) is 1.79. The molecule has 0 unspecified atom stereocenters. The molecule has 1 aliphatic rings. The Hall–Kier alpha value is -1.03. The van der Waals surface area contributed by atoms with Gasteiger partial charge in [-0.1, -0.05) is 29.3 Å². The number of rotatable bonds is 3. The van der Waals surface area contributed by atoms with Crippen LogP contribution in [0, 0.1) is 0 Å². The van der Waals surface area contributed by atoms with E-state index in [2.05, 4.69) is 9.55 Å². The van der Waals surface area contributed by atoms with Gasteiger partial charge in [0.05, 0.1) is 16.1 Å². The summed E-state index contributed by atoms with van der Waals surface area (Å²) in [5.74, 6) is 0.892. The van der Waals surface area contributed by atoms with E-state index in [-0.39, 0.29) is 0 Å². The van der Waals surface area contributed by atoms with Crippen molar-refractivity contribution in [2.45, 2.75) is 37.8 Å². The Morgan fingerprint density at radius 1 is 1.19 bits per heavy atom. The number of benzene rings is 1. The second-order valence-electron chi connectivity index (χ2n) is 5.43. The van der Waals surface area contributed by atoms with E-state index in [1.165, 1.54) is 0 Å². The van der Waals surface area contributed by atoms with Crippen LogP contribution < -0.4 is 0 Å². The predicted octanol–water partition coefficient (Wildman–Crippen LogP) is 4.99. The van der Waals surface area contributed by atoms with Crippen LogP contribution in [0.15, 0.2) is 30.6 Å². The van der Waals surface area contributed by atoms with Gasteiger partial charge in [0, 0.05) is 31.1 Å². The zero-order valence-corrected chi connectivity index (χ0v) is 13.4. The van der Waals surface area contributed by atoms with E-state index in [0.717, 1.165) is 37.1 Å². The number of hydrogen-bond acceptors (Lipinski definition) is 2. The number of halogens is 2. The second kappa shape index (κ2) is 6.39. The average Bonchev–Trinajstić information content (AvgIpc) is 2.99. The zero-order valence-electron chi connectivity index (χ0n) is 11.9. The van der Waals surface area contributed by atoms with Crippen molar-refractivity contribution >= 4 is 23.2 Å². The van der Waals surface area contributed by atoms with Gasteiger partial charge in [-0.05, 0) is 37.8 Å². The maximum Gasteiger partial charge on any atom is 0.141 e. The minimum atomic E-state index is 0.392. The first-order valence-electron chi connectivity index (χ1n) is 7.20. The Labute approximate surface area is 134 Å². The third kappa shape index (κ3) is 2.96. The predicted molar refractivity (Wildman–Crippen MR) is 86.0 cm³/mol. The number of nitrogens with zero attached hydrogens (tertiary/aromatic N) is 2. The van der Waals surface area contributed by atoms with Gasteiger partial charge in [-0.25, -0.2) is 4.98 Å². The fraction of sp³-hybridized carbons (Fsp3) is 0.438. The molecule has 5 heteroatoms. The largest absolute Gasteiger partial charge is 0.381 e. The molecule has 2 aromatic rings. The molecule has 1 saturated carbocycles. The normalized spacial score (nSPS) is 22.4. The summed E-state index contributed by atoms with van der Waals surface area (Å²) >= 11 is 12.5. The van der Waals surface area contributed by atoms with E-state index in [0.29, 0.717) is 22.2 Å². The van der Waals surface area contributed by atoms with Gasteiger partial charge in [0.2, 0.25) is 0 Å². The molecular weight excluding hydrogens is 307 g/mol. The number of aromatic nitrogens is 2. The van der Waals surface area contributed by atoms with Crippen molar-refractivity contribution in [2.24, 2.45) is 0 Å². The fourth-order valence-corrected chi connectivity index (χ4v) is 3.44. The molecule has 0 N–H and O–H groups in total. The van der Waals surface area contributed by atoms with Crippen LogP contribution in [0.4, 0.5) is 0 Å². The van der Waals surface area contributed by atoms with E-state index in [1.54, 1.807) is 13.2 Å². The summed E-state index contributed by atoms with van der Waals surface area (Å²) in [4.78, 5) is 4.49. The monoisotopic (exact) mass is 324 g/mol. The van der Waals surface area contributed by atoms with Crippen LogP contribution in [0.3, 0.4) is 0 Å². The van der Waals surface area contributed by atoms with Gasteiger partial charge in [0.1, 0.15) is 5.82 Å². The number of methoxy groups -OCH3 is 1. The summed E-state index contributed by atoms with van der Waals surface area (Å²) in [6.07, 6.45) is 8.62. The minimum Gasteiger partial charge on any atom is -0.381 e. The van der Waals surface area contributed by atoms with Gasteiger partial charge in [-0.15, -0.1) is 0 Å². The zero-order chi connectivity index (χ0) is 14.8. The van der Waals surface area contributed by atoms with E-state index in [4.69, 9.17) is 27.9 Å². The van der Waals surface area contributed by atoms with Gasteiger partial charge >= 0.3 is 0 Å². The third-order valence-corrected chi connectivity index (χ3v) is 5.05. The number of hydrogen-bond donors (Lipinski definition) is 0. The molecule has 0 radical (unpaired) electrons. The maximum absolute atomic E-state index is 6.34. The van der Waals surface area contributed by atoms with Crippen molar-refractivity contribution in [3.8, 4) is 11.4 Å². The molecule has 1 aliphatic carbocycles. The van der Waals surface area contributed by atoms with Gasteiger partial charge < -0.3 is 9.30 Å². The highest BCUT2D eigenvalue weighted by Crippen LogP contribution is 2.37. The second-order valence-corrected chi connectivity index (χ2v) is 6.21. The molecular formula is C16H18Cl2N2O. The molecule has 3 nitrogen and oxygen atoms in total. The summed E-state index contributed by atoms with van der Waals surface area (Å²) in [6.45, 7) is 0. The van der Waals surface area contributed by atoms with Crippen molar-refractivity contribution in [3.05, 3.63) is 40.6 Å². The average molecular weight is 325 g/mol. The lowest BCUT2D eigenvalue weighted by atomic mass is 9.92.